The summed E-state index contributed by atoms with van der Waals surface area (Å²) in [6.07, 6.45) is 3.36. The van der Waals surface area contributed by atoms with Gasteiger partial charge in [-0.1, -0.05) is 15.9 Å². The highest BCUT2D eigenvalue weighted by Gasteiger charge is 2.21. The summed E-state index contributed by atoms with van der Waals surface area (Å²) in [6, 6.07) is 4.50. The van der Waals surface area contributed by atoms with E-state index in [0.29, 0.717) is 21.8 Å². The van der Waals surface area contributed by atoms with Crippen LogP contribution < -0.4 is 10.9 Å². The Morgan fingerprint density at radius 1 is 1.39 bits per heavy atom. The zero-order valence-electron chi connectivity index (χ0n) is 14.8. The van der Waals surface area contributed by atoms with Crippen LogP contribution in [-0.4, -0.2) is 21.6 Å². The molecule has 4 rings (SSSR count). The van der Waals surface area contributed by atoms with Crippen LogP contribution in [0.2, 0.25) is 0 Å². The van der Waals surface area contributed by atoms with Gasteiger partial charge in [0.25, 0.3) is 5.56 Å². The van der Waals surface area contributed by atoms with Gasteiger partial charge in [-0.2, -0.15) is 11.8 Å². The van der Waals surface area contributed by atoms with Gasteiger partial charge in [0.15, 0.2) is 0 Å². The molecule has 2 heterocycles. The first-order valence-corrected chi connectivity index (χ1v) is 11.6. The number of rotatable bonds is 6. The molecule has 3 aromatic rings. The lowest BCUT2D eigenvalue weighted by molar-refractivity contribution is -0.115. The predicted octanol–water partition coefficient (Wildman–Crippen LogP) is 4.64. The Hall–Kier alpha value is -1.71. The molecule has 1 aliphatic carbocycles. The number of hydrogen-bond acceptors (Lipinski definition) is 5. The fourth-order valence-corrected chi connectivity index (χ4v) is 5.67. The molecule has 0 radical (unpaired) electrons. The maximum absolute atomic E-state index is 13.8. The van der Waals surface area contributed by atoms with E-state index in [-0.39, 0.29) is 23.6 Å². The Balaban J connectivity index is 1.31. The summed E-state index contributed by atoms with van der Waals surface area (Å²) in [5.41, 5.74) is 1.27. The number of thiophene rings is 1. The Morgan fingerprint density at radius 3 is 3.07 bits per heavy atom. The minimum absolute atomic E-state index is 0.0662. The van der Waals surface area contributed by atoms with E-state index < -0.39 is 5.82 Å². The third-order valence-corrected chi connectivity index (χ3v) is 7.19. The second-order valence-corrected chi connectivity index (χ2v) is 9.63. The maximum Gasteiger partial charge on any atom is 0.259 e. The smallest absolute Gasteiger partial charge is 0.259 e. The van der Waals surface area contributed by atoms with Crippen LogP contribution >= 0.6 is 39.0 Å². The SMILES string of the molecule is O=C(CCSCc1nc2sc3c(c2c(=O)[nH]1)CCC3)Nc1ccc(Br)cc1F. The maximum atomic E-state index is 13.8. The van der Waals surface area contributed by atoms with Crippen molar-refractivity contribution < 1.29 is 9.18 Å². The van der Waals surface area contributed by atoms with Gasteiger partial charge in [-0.3, -0.25) is 9.59 Å². The van der Waals surface area contributed by atoms with Gasteiger partial charge in [-0.25, -0.2) is 9.37 Å². The molecule has 146 valence electrons. The molecule has 0 unspecified atom stereocenters. The van der Waals surface area contributed by atoms with Crippen molar-refractivity contribution >= 4 is 60.8 Å². The molecule has 5 nitrogen and oxygen atoms in total. The lowest BCUT2D eigenvalue weighted by Crippen LogP contribution is -2.14. The average molecular weight is 482 g/mol. The van der Waals surface area contributed by atoms with Crippen molar-refractivity contribution in [1.29, 1.82) is 0 Å². The van der Waals surface area contributed by atoms with Crippen LogP contribution in [0.4, 0.5) is 10.1 Å². The second kappa shape index (κ2) is 8.34. The molecule has 0 atom stereocenters. The van der Waals surface area contributed by atoms with Crippen molar-refractivity contribution in [2.75, 3.05) is 11.1 Å². The summed E-state index contributed by atoms with van der Waals surface area (Å²) < 4.78 is 14.4. The van der Waals surface area contributed by atoms with Gasteiger partial charge in [0.05, 0.1) is 16.8 Å². The standard InChI is InChI=1S/C19H17BrFN3O2S2/c20-10-4-5-13(12(21)8-10)22-16(25)6-7-27-9-15-23-18(26)17-11-2-1-3-14(11)28-19(17)24-15/h4-5,8H,1-3,6-7,9H2,(H,22,25)(H,23,24,26). The zero-order chi connectivity index (χ0) is 19.7. The first kappa shape index (κ1) is 19.6. The molecule has 0 saturated heterocycles. The number of carbonyl (C=O) groups is 1. The largest absolute Gasteiger partial charge is 0.324 e. The van der Waals surface area contributed by atoms with Gasteiger partial charge in [-0.15, -0.1) is 11.3 Å². The molecule has 1 aromatic carbocycles. The minimum atomic E-state index is -0.478. The van der Waals surface area contributed by atoms with E-state index in [0.717, 1.165) is 29.5 Å². The van der Waals surface area contributed by atoms with E-state index in [2.05, 4.69) is 31.2 Å². The van der Waals surface area contributed by atoms with Crippen LogP contribution in [0, 0.1) is 5.82 Å². The highest BCUT2D eigenvalue weighted by Crippen LogP contribution is 2.34. The highest BCUT2D eigenvalue weighted by molar-refractivity contribution is 9.10. The van der Waals surface area contributed by atoms with Crippen molar-refractivity contribution in [2.45, 2.75) is 31.4 Å². The summed E-state index contributed by atoms with van der Waals surface area (Å²) in [6.45, 7) is 0. The molecule has 2 N–H and O–H groups in total. The molecule has 1 amide bonds. The number of amides is 1. The van der Waals surface area contributed by atoms with Crippen LogP contribution in [0.15, 0.2) is 27.5 Å². The number of thioether (sulfide) groups is 1. The lowest BCUT2D eigenvalue weighted by Gasteiger charge is -2.07. The molecule has 1 aliphatic rings. The number of H-pyrrole nitrogens is 1. The number of nitrogens with one attached hydrogen (secondary N) is 2. The van der Waals surface area contributed by atoms with Gasteiger partial charge in [0.2, 0.25) is 5.91 Å². The van der Waals surface area contributed by atoms with Crippen LogP contribution in [0.3, 0.4) is 0 Å². The third-order valence-electron chi connectivity index (χ3n) is 4.54. The van der Waals surface area contributed by atoms with E-state index in [4.69, 9.17) is 0 Å². The Kier molecular flexibility index (Phi) is 5.84. The monoisotopic (exact) mass is 481 g/mol. The summed E-state index contributed by atoms with van der Waals surface area (Å²) in [7, 11) is 0. The van der Waals surface area contributed by atoms with E-state index in [1.54, 1.807) is 17.4 Å². The second-order valence-electron chi connectivity index (χ2n) is 6.53. The molecule has 0 saturated carbocycles. The van der Waals surface area contributed by atoms with Crippen LogP contribution in [0.5, 0.6) is 0 Å². The molecule has 28 heavy (non-hydrogen) atoms. The van der Waals surface area contributed by atoms with Gasteiger partial charge in [-0.05, 0) is 43.0 Å². The molecule has 0 spiro atoms. The van der Waals surface area contributed by atoms with Crippen molar-refractivity contribution in [3.8, 4) is 0 Å². The number of halogens is 2. The van der Waals surface area contributed by atoms with Crippen LogP contribution in [0.1, 0.15) is 29.1 Å². The number of hydrogen-bond donors (Lipinski definition) is 2. The zero-order valence-corrected chi connectivity index (χ0v) is 18.0. The fourth-order valence-electron chi connectivity index (χ4n) is 3.25. The molecule has 9 heteroatoms. The topological polar surface area (TPSA) is 74.8 Å². The molecular formula is C19H17BrFN3O2S2. The summed E-state index contributed by atoms with van der Waals surface area (Å²) in [5.74, 6) is 0.968. The van der Waals surface area contributed by atoms with E-state index in [1.807, 2.05) is 0 Å². The number of carbonyl (C=O) groups excluding carboxylic acids is 1. The van der Waals surface area contributed by atoms with Crippen LogP contribution in [-0.2, 0) is 23.4 Å². The minimum Gasteiger partial charge on any atom is -0.324 e. The number of anilines is 1. The van der Waals surface area contributed by atoms with Crippen molar-refractivity contribution in [1.82, 2.24) is 9.97 Å². The number of benzene rings is 1. The first-order valence-electron chi connectivity index (χ1n) is 8.87. The highest BCUT2D eigenvalue weighted by atomic mass is 79.9. The Morgan fingerprint density at radius 2 is 2.25 bits per heavy atom. The Labute approximate surface area is 177 Å². The number of aromatic nitrogens is 2. The van der Waals surface area contributed by atoms with Crippen molar-refractivity contribution in [2.24, 2.45) is 0 Å². The summed E-state index contributed by atoms with van der Waals surface area (Å²) in [4.78, 5) is 34.0. The van der Waals surface area contributed by atoms with Gasteiger partial charge >= 0.3 is 0 Å². The number of aromatic amines is 1. The Bertz CT molecular complexity index is 1110. The quantitative estimate of drug-likeness (QED) is 0.503. The van der Waals surface area contributed by atoms with Crippen molar-refractivity contribution in [3.63, 3.8) is 0 Å². The molecular weight excluding hydrogens is 465 g/mol. The third kappa shape index (κ3) is 4.16. The van der Waals surface area contributed by atoms with E-state index in [9.17, 15) is 14.0 Å². The van der Waals surface area contributed by atoms with Crippen LogP contribution in [0.25, 0.3) is 10.2 Å². The molecule has 0 aliphatic heterocycles. The van der Waals surface area contributed by atoms with Gasteiger partial charge in [0, 0.05) is 21.5 Å². The van der Waals surface area contributed by atoms with Gasteiger partial charge in [0.1, 0.15) is 16.5 Å². The molecule has 2 aromatic heterocycles. The normalized spacial score (nSPS) is 13.1. The predicted molar refractivity (Wildman–Crippen MR) is 116 cm³/mol. The molecule has 0 bridgehead atoms. The number of aryl methyl sites for hydroxylation is 2. The van der Waals surface area contributed by atoms with Crippen molar-refractivity contribution in [3.05, 3.63) is 55.1 Å². The first-order chi connectivity index (χ1) is 13.5. The average Bonchev–Trinajstić information content (AvgIpc) is 3.22. The van der Waals surface area contributed by atoms with Gasteiger partial charge < -0.3 is 10.3 Å². The fraction of sp³-hybridized carbons (Fsp3) is 0.316. The summed E-state index contributed by atoms with van der Waals surface area (Å²) >= 11 is 6.31. The lowest BCUT2D eigenvalue weighted by atomic mass is 10.2. The van der Waals surface area contributed by atoms with E-state index >= 15 is 0 Å². The number of fused-ring (bicyclic) bond motifs is 3. The molecule has 0 fully saturated rings. The van der Waals surface area contributed by atoms with E-state index in [1.165, 1.54) is 34.3 Å². The summed E-state index contributed by atoms with van der Waals surface area (Å²) in [5, 5.41) is 3.32. The number of nitrogens with zero attached hydrogens (tertiary/aromatic N) is 1.